The Labute approximate surface area is 222 Å². The molecule has 32 heavy (non-hydrogen) atoms. The molecule has 0 aromatic rings. The number of allylic oxidation sites excluding steroid dienone is 5. The van der Waals surface area contributed by atoms with Crippen molar-refractivity contribution < 1.29 is 54.4 Å². The molecule has 0 aromatic carbocycles. The Morgan fingerprint density at radius 2 is 1.34 bits per heavy atom. The Morgan fingerprint density at radius 1 is 0.906 bits per heavy atom. The normalized spacial score (nSPS) is 15.5. The summed E-state index contributed by atoms with van der Waals surface area (Å²) >= 11 is 0. The van der Waals surface area contributed by atoms with Crippen LogP contribution < -0.4 is 24.8 Å². The molecular formula is C23H38Cl2N3O2PRu+. The van der Waals surface area contributed by atoms with Crippen LogP contribution in [0.5, 0.6) is 0 Å². The first-order chi connectivity index (χ1) is 13.0. The number of halogens is 2. The molecule has 0 spiro atoms. The van der Waals surface area contributed by atoms with Gasteiger partial charge in [0.15, 0.2) is 5.57 Å². The second-order valence-electron chi connectivity index (χ2n) is 10.3. The van der Waals surface area contributed by atoms with Gasteiger partial charge < -0.3 is 39.8 Å². The molecule has 2 rings (SSSR count). The minimum Gasteiger partial charge on any atom is -1.00 e. The fourth-order valence-electron chi connectivity index (χ4n) is 3.07. The summed E-state index contributed by atoms with van der Waals surface area (Å²) in [5.74, 6) is 0. The van der Waals surface area contributed by atoms with Gasteiger partial charge in [-0.2, -0.15) is 0 Å². The van der Waals surface area contributed by atoms with Crippen LogP contribution in [0.15, 0.2) is 42.3 Å². The van der Waals surface area contributed by atoms with E-state index in [9.17, 15) is 5.21 Å². The van der Waals surface area contributed by atoms with E-state index >= 15 is 0 Å². The van der Waals surface area contributed by atoms with Crippen molar-refractivity contribution >= 4 is 13.6 Å². The minimum atomic E-state index is -0.209. The second-order valence-corrected chi connectivity index (χ2v) is 14.1. The zero-order valence-electron chi connectivity index (χ0n) is 20.6. The average molecular weight is 592 g/mol. The molecule has 9 heteroatoms. The van der Waals surface area contributed by atoms with Crippen LogP contribution in [0.1, 0.15) is 62.3 Å². The third kappa shape index (κ3) is 12.0. The molecule has 0 fully saturated rings. The zero-order chi connectivity index (χ0) is 22.6. The van der Waals surface area contributed by atoms with Gasteiger partial charge in [0.2, 0.25) is 0 Å². The Kier molecular flexibility index (Phi) is 15.7. The van der Waals surface area contributed by atoms with Gasteiger partial charge in [0.1, 0.15) is 6.67 Å². The van der Waals surface area contributed by atoms with Gasteiger partial charge in [-0.05, 0) is 31.1 Å². The first kappa shape index (κ1) is 36.0. The van der Waals surface area contributed by atoms with E-state index in [0.29, 0.717) is 15.9 Å². The maximum absolute atomic E-state index is 10.2. The predicted molar refractivity (Wildman–Crippen MR) is 125 cm³/mol. The number of rotatable bonds is 2. The van der Waals surface area contributed by atoms with Crippen molar-refractivity contribution in [1.29, 1.82) is 0 Å². The van der Waals surface area contributed by atoms with E-state index in [1.807, 2.05) is 0 Å². The van der Waals surface area contributed by atoms with Crippen molar-refractivity contribution in [3.8, 4) is 0 Å². The van der Waals surface area contributed by atoms with Gasteiger partial charge >= 0.3 is 19.5 Å². The van der Waals surface area contributed by atoms with E-state index in [-0.39, 0.29) is 68.4 Å². The summed E-state index contributed by atoms with van der Waals surface area (Å²) in [5, 5.41) is 19.3. The number of hydrogen-bond donors (Lipinski definition) is 1. The summed E-state index contributed by atoms with van der Waals surface area (Å²) in [7, 11) is -0.0919. The van der Waals surface area contributed by atoms with E-state index in [1.54, 1.807) is 0 Å². The van der Waals surface area contributed by atoms with E-state index in [1.165, 1.54) is 24.3 Å². The Hall–Kier alpha value is -0.627. The number of nitrogens with zero attached hydrogens (tertiary/aromatic N) is 3. The summed E-state index contributed by atoms with van der Waals surface area (Å²) in [6, 6.07) is 0. The van der Waals surface area contributed by atoms with Gasteiger partial charge in [0, 0.05) is 35.7 Å². The van der Waals surface area contributed by atoms with E-state index in [0.717, 1.165) is 6.29 Å². The molecule has 1 heterocycles. The van der Waals surface area contributed by atoms with Gasteiger partial charge in [-0.25, -0.2) is 0 Å². The van der Waals surface area contributed by atoms with Crippen LogP contribution in [0.3, 0.4) is 0 Å². The first-order valence-corrected chi connectivity index (χ1v) is 11.4. The Balaban J connectivity index is -0.000000556. The largest absolute Gasteiger partial charge is 2.00 e. The topological polar surface area (TPSA) is 52.8 Å². The molecule has 1 aliphatic carbocycles. The van der Waals surface area contributed by atoms with Gasteiger partial charge in [0.25, 0.3) is 5.71 Å². The third-order valence-corrected chi connectivity index (χ3v) is 8.35. The first-order valence-electron chi connectivity index (χ1n) is 9.89. The van der Waals surface area contributed by atoms with Crippen molar-refractivity contribution in [3.63, 3.8) is 0 Å². The van der Waals surface area contributed by atoms with Crippen molar-refractivity contribution in [2.45, 2.75) is 78.2 Å². The summed E-state index contributed by atoms with van der Waals surface area (Å²) in [4.78, 5) is 4.46. The van der Waals surface area contributed by atoms with Gasteiger partial charge in [-0.3, -0.25) is 5.21 Å². The molecule has 0 aromatic heterocycles. The molecule has 0 unspecified atom stereocenters. The summed E-state index contributed by atoms with van der Waals surface area (Å²) in [6.07, 6.45) is 11.5. The standard InChI is InChI=1S/C16H32N2P.C7H6NO2.2ClH.Ru/c1-14(2,3)18-11-10-17(12-18)13-19(15(4,5)6)16(7,8)9;1-6-2-4-7(5-3-6)8(9)10;;;/h10-12H,13H2,1-9H3;1-5H,(H,9,10);2*1H;/q;+1;;;+2/p-2. The van der Waals surface area contributed by atoms with Crippen molar-refractivity contribution in [3.05, 3.63) is 60.7 Å². The maximum Gasteiger partial charge on any atom is 2.00 e. The van der Waals surface area contributed by atoms with Crippen LogP contribution in [0.25, 0.3) is 0 Å². The monoisotopic (exact) mass is 591 g/mol. The Morgan fingerprint density at radius 3 is 1.66 bits per heavy atom. The Bertz CT molecular complexity index is 682. The van der Waals surface area contributed by atoms with E-state index in [2.05, 4.69) is 91.2 Å². The summed E-state index contributed by atoms with van der Waals surface area (Å²) in [5.41, 5.74) is 0.900. The second kappa shape index (κ2) is 13.9. The van der Waals surface area contributed by atoms with Crippen LogP contribution in [-0.2, 0) is 19.5 Å². The van der Waals surface area contributed by atoms with Crippen LogP contribution >= 0.6 is 7.92 Å². The molecule has 2 aliphatic rings. The molecule has 0 saturated carbocycles. The SMILES string of the molecule is CC(C)(C)N1[CH]N(CP(C(C)(C)C)C(C)(C)C)C=C1.[CH+]=C1C=CC(=[N+]([O-])O)C=C1.[Cl-].[Cl-].[Ru+2]. The van der Waals surface area contributed by atoms with Crippen LogP contribution in [0, 0.1) is 18.5 Å². The minimum absolute atomic E-state index is 0. The maximum atomic E-state index is 10.2. The van der Waals surface area contributed by atoms with Crippen LogP contribution in [0.2, 0.25) is 0 Å². The molecule has 1 N–H and O–H groups in total. The average Bonchev–Trinajstić information content (AvgIpc) is 3.00. The smallest absolute Gasteiger partial charge is 1.00 e. The van der Waals surface area contributed by atoms with Gasteiger partial charge in [-0.15, -0.1) is 0 Å². The molecule has 183 valence electrons. The molecule has 5 nitrogen and oxygen atoms in total. The molecular weight excluding hydrogens is 553 g/mol. The van der Waals surface area contributed by atoms with Crippen molar-refractivity contribution in [1.82, 2.24) is 9.80 Å². The molecule has 1 radical (unpaired) electrons. The molecule has 0 atom stereocenters. The van der Waals surface area contributed by atoms with Crippen LogP contribution in [0.4, 0.5) is 0 Å². The zero-order valence-corrected chi connectivity index (χ0v) is 24.7. The van der Waals surface area contributed by atoms with E-state index in [4.69, 9.17) is 11.8 Å². The van der Waals surface area contributed by atoms with Gasteiger partial charge in [-0.1, -0.05) is 49.5 Å². The fourth-order valence-corrected chi connectivity index (χ4v) is 6.43. The molecule has 0 saturated heterocycles. The van der Waals surface area contributed by atoms with Crippen molar-refractivity contribution in [2.75, 3.05) is 6.29 Å². The van der Waals surface area contributed by atoms with Crippen molar-refractivity contribution in [2.24, 2.45) is 0 Å². The summed E-state index contributed by atoms with van der Waals surface area (Å²) < 4.78 is 0. The molecule has 1 aliphatic heterocycles. The fraction of sp³-hybridized carbons (Fsp3) is 0.565. The van der Waals surface area contributed by atoms with Crippen LogP contribution in [-0.4, -0.2) is 47.8 Å². The van der Waals surface area contributed by atoms with Gasteiger partial charge in [0.05, 0.1) is 24.3 Å². The third-order valence-electron chi connectivity index (χ3n) is 4.50. The predicted octanol–water partition coefficient (Wildman–Crippen LogP) is -0.153. The quantitative estimate of drug-likeness (QED) is 0.121. The summed E-state index contributed by atoms with van der Waals surface area (Å²) in [6.45, 7) is 28.6. The van der Waals surface area contributed by atoms with E-state index < -0.39 is 0 Å². The number of hydrogen-bond acceptors (Lipinski definition) is 4. The molecule has 0 amide bonds. The molecule has 0 bridgehead atoms.